The summed E-state index contributed by atoms with van der Waals surface area (Å²) in [5.41, 5.74) is 0.770. The zero-order valence-corrected chi connectivity index (χ0v) is 15.0. The van der Waals surface area contributed by atoms with Crippen LogP contribution in [0.1, 0.15) is 15.9 Å². The number of halogens is 1. The minimum atomic E-state index is -1.15. The molecule has 0 bridgehead atoms. The highest BCUT2D eigenvalue weighted by Crippen LogP contribution is 2.32. The Morgan fingerprint density at radius 1 is 1.14 bits per heavy atom. The van der Waals surface area contributed by atoms with Crippen LogP contribution in [0.4, 0.5) is 14.9 Å². The number of carboxylic acid groups (broad SMARTS) is 1. The number of aromatic carboxylic acids is 1. The second-order valence-corrected chi connectivity index (χ2v) is 6.75. The van der Waals surface area contributed by atoms with Crippen molar-refractivity contribution in [3.63, 3.8) is 0 Å². The van der Waals surface area contributed by atoms with Crippen molar-refractivity contribution in [1.82, 2.24) is 4.90 Å². The lowest BCUT2D eigenvalue weighted by atomic mass is 10.2. The van der Waals surface area contributed by atoms with Crippen molar-refractivity contribution in [3.05, 3.63) is 70.4 Å². The van der Waals surface area contributed by atoms with Crippen LogP contribution in [0.25, 0.3) is 6.08 Å². The lowest BCUT2D eigenvalue weighted by Crippen LogP contribution is -2.36. The number of carbonyl (C=O) groups is 4. The fraction of sp³-hybridized carbons (Fsp3) is 0.0526. The molecular weight excluding hydrogens is 387 g/mol. The topological polar surface area (TPSA) is 104 Å². The molecular formula is C19H13FN2O5S. The SMILES string of the molecule is O=C(CN1C(=O)S/C(=C\c2ccc(F)cc2)C1=O)Nc1cccc(C(=O)O)c1. The minimum absolute atomic E-state index is 0.00815. The highest BCUT2D eigenvalue weighted by atomic mass is 32.2. The fourth-order valence-corrected chi connectivity index (χ4v) is 3.26. The van der Waals surface area contributed by atoms with Gasteiger partial charge in [0.1, 0.15) is 12.4 Å². The zero-order chi connectivity index (χ0) is 20.3. The largest absolute Gasteiger partial charge is 0.478 e. The Kier molecular flexibility index (Phi) is 5.55. The van der Waals surface area contributed by atoms with E-state index in [9.17, 15) is 23.6 Å². The van der Waals surface area contributed by atoms with Crippen LogP contribution in [0.5, 0.6) is 0 Å². The number of benzene rings is 2. The van der Waals surface area contributed by atoms with Crippen molar-refractivity contribution in [2.24, 2.45) is 0 Å². The van der Waals surface area contributed by atoms with Gasteiger partial charge in [-0.1, -0.05) is 18.2 Å². The summed E-state index contributed by atoms with van der Waals surface area (Å²) in [5, 5.41) is 10.8. The van der Waals surface area contributed by atoms with Crippen molar-refractivity contribution >= 4 is 46.5 Å². The number of carbonyl (C=O) groups excluding carboxylic acids is 3. The number of nitrogens with one attached hydrogen (secondary N) is 1. The number of rotatable bonds is 5. The molecule has 1 aliphatic rings. The summed E-state index contributed by atoms with van der Waals surface area (Å²) >= 11 is 0.683. The summed E-state index contributed by atoms with van der Waals surface area (Å²) in [6, 6.07) is 11.0. The normalized spacial score (nSPS) is 15.2. The van der Waals surface area contributed by atoms with Gasteiger partial charge in [-0.25, -0.2) is 9.18 Å². The van der Waals surface area contributed by atoms with Crippen LogP contribution in [0, 0.1) is 5.82 Å². The van der Waals surface area contributed by atoms with Crippen LogP contribution < -0.4 is 5.32 Å². The van der Waals surface area contributed by atoms with Crippen molar-refractivity contribution in [1.29, 1.82) is 0 Å². The molecule has 1 aliphatic heterocycles. The smallest absolute Gasteiger partial charge is 0.335 e. The standard InChI is InChI=1S/C19H13FN2O5S/c20-13-6-4-11(5-7-13)8-15-17(24)22(19(27)28-15)10-16(23)21-14-3-1-2-12(9-14)18(25)26/h1-9H,10H2,(H,21,23)(H,25,26)/b15-8-. The van der Waals surface area contributed by atoms with Crippen LogP contribution in [-0.2, 0) is 9.59 Å². The molecule has 2 aromatic rings. The van der Waals surface area contributed by atoms with Gasteiger partial charge in [0.2, 0.25) is 5.91 Å². The van der Waals surface area contributed by atoms with Gasteiger partial charge in [-0.15, -0.1) is 0 Å². The van der Waals surface area contributed by atoms with Crippen molar-refractivity contribution in [2.75, 3.05) is 11.9 Å². The third-order valence-electron chi connectivity index (χ3n) is 3.74. The van der Waals surface area contributed by atoms with E-state index < -0.39 is 35.4 Å². The van der Waals surface area contributed by atoms with Crippen molar-refractivity contribution in [3.8, 4) is 0 Å². The van der Waals surface area contributed by atoms with Crippen molar-refractivity contribution in [2.45, 2.75) is 0 Å². The predicted molar refractivity (Wildman–Crippen MR) is 101 cm³/mol. The molecule has 3 amide bonds. The number of thioether (sulfide) groups is 1. The summed E-state index contributed by atoms with van der Waals surface area (Å²) < 4.78 is 13.0. The molecule has 0 radical (unpaired) electrons. The molecule has 9 heteroatoms. The van der Waals surface area contributed by atoms with Crippen LogP contribution in [0.2, 0.25) is 0 Å². The summed E-state index contributed by atoms with van der Waals surface area (Å²) in [5.74, 6) is -2.84. The number of hydrogen-bond acceptors (Lipinski definition) is 5. The first kappa shape index (κ1) is 19.3. The van der Waals surface area contributed by atoms with E-state index >= 15 is 0 Å². The average molecular weight is 400 g/mol. The Balaban J connectivity index is 1.68. The van der Waals surface area contributed by atoms with E-state index in [0.29, 0.717) is 17.3 Å². The highest BCUT2D eigenvalue weighted by Gasteiger charge is 2.36. The third-order valence-corrected chi connectivity index (χ3v) is 4.64. The first-order valence-corrected chi connectivity index (χ1v) is 8.79. The molecule has 0 spiro atoms. The van der Waals surface area contributed by atoms with Gasteiger partial charge in [-0.3, -0.25) is 19.3 Å². The monoisotopic (exact) mass is 400 g/mol. The molecule has 0 atom stereocenters. The number of nitrogens with zero attached hydrogens (tertiary/aromatic N) is 1. The second kappa shape index (κ2) is 8.05. The highest BCUT2D eigenvalue weighted by molar-refractivity contribution is 8.18. The van der Waals surface area contributed by atoms with E-state index in [2.05, 4.69) is 5.32 Å². The maximum atomic E-state index is 13.0. The molecule has 0 saturated carbocycles. The van der Waals surface area contributed by atoms with Crippen LogP contribution in [0.3, 0.4) is 0 Å². The van der Waals surface area contributed by atoms with Gasteiger partial charge in [0.15, 0.2) is 0 Å². The Hall–Kier alpha value is -3.46. The van der Waals surface area contributed by atoms with Crippen LogP contribution >= 0.6 is 11.8 Å². The molecule has 28 heavy (non-hydrogen) atoms. The molecule has 7 nitrogen and oxygen atoms in total. The zero-order valence-electron chi connectivity index (χ0n) is 14.2. The van der Waals surface area contributed by atoms with Gasteiger partial charge in [0.05, 0.1) is 10.5 Å². The van der Waals surface area contributed by atoms with Gasteiger partial charge < -0.3 is 10.4 Å². The lowest BCUT2D eigenvalue weighted by molar-refractivity contribution is -0.127. The fourth-order valence-electron chi connectivity index (χ4n) is 2.42. The number of amides is 3. The van der Waals surface area contributed by atoms with E-state index in [1.807, 2.05) is 0 Å². The molecule has 1 fully saturated rings. The number of anilines is 1. The molecule has 142 valence electrons. The first-order valence-electron chi connectivity index (χ1n) is 7.97. The van der Waals surface area contributed by atoms with Crippen LogP contribution in [0.15, 0.2) is 53.4 Å². The number of imide groups is 1. The van der Waals surface area contributed by atoms with E-state index in [0.717, 1.165) is 4.90 Å². The molecule has 0 aliphatic carbocycles. The number of hydrogen-bond donors (Lipinski definition) is 2. The molecule has 2 aromatic carbocycles. The van der Waals surface area contributed by atoms with Gasteiger partial charge in [-0.05, 0) is 53.7 Å². The predicted octanol–water partition coefficient (Wildman–Crippen LogP) is 3.20. The molecule has 1 heterocycles. The van der Waals surface area contributed by atoms with E-state index in [1.54, 1.807) is 0 Å². The van der Waals surface area contributed by atoms with Gasteiger partial charge in [0, 0.05) is 5.69 Å². The minimum Gasteiger partial charge on any atom is -0.478 e. The van der Waals surface area contributed by atoms with Gasteiger partial charge in [0.25, 0.3) is 11.1 Å². The summed E-state index contributed by atoms with van der Waals surface area (Å²) in [4.78, 5) is 48.5. The Morgan fingerprint density at radius 2 is 1.86 bits per heavy atom. The second-order valence-electron chi connectivity index (χ2n) is 5.75. The van der Waals surface area contributed by atoms with E-state index in [4.69, 9.17) is 5.11 Å². The lowest BCUT2D eigenvalue weighted by Gasteiger charge is -2.12. The van der Waals surface area contributed by atoms with Crippen LogP contribution in [-0.4, -0.2) is 39.6 Å². The average Bonchev–Trinajstić information content (AvgIpc) is 2.91. The molecule has 0 aromatic heterocycles. The molecule has 1 saturated heterocycles. The Morgan fingerprint density at radius 3 is 2.54 bits per heavy atom. The molecule has 3 rings (SSSR count). The summed E-state index contributed by atoms with van der Waals surface area (Å²) in [6.45, 7) is -0.511. The number of carboxylic acids is 1. The molecule has 0 unspecified atom stereocenters. The van der Waals surface area contributed by atoms with E-state index in [-0.39, 0.29) is 16.2 Å². The summed E-state index contributed by atoms with van der Waals surface area (Å²) in [6.07, 6.45) is 1.44. The maximum absolute atomic E-state index is 13.0. The first-order chi connectivity index (χ1) is 13.3. The Bertz CT molecular complexity index is 1000. The van der Waals surface area contributed by atoms with Gasteiger partial charge in [-0.2, -0.15) is 0 Å². The third kappa shape index (κ3) is 4.44. The van der Waals surface area contributed by atoms with E-state index in [1.165, 1.54) is 54.6 Å². The summed E-state index contributed by atoms with van der Waals surface area (Å²) in [7, 11) is 0. The Labute approximate surface area is 162 Å². The van der Waals surface area contributed by atoms with Gasteiger partial charge >= 0.3 is 5.97 Å². The maximum Gasteiger partial charge on any atom is 0.335 e. The molecule has 2 N–H and O–H groups in total. The van der Waals surface area contributed by atoms with Crippen molar-refractivity contribution < 1.29 is 28.7 Å². The quantitative estimate of drug-likeness (QED) is 0.747.